The lowest BCUT2D eigenvalue weighted by Gasteiger charge is -2.04. The van der Waals surface area contributed by atoms with Gasteiger partial charge >= 0.3 is 0 Å². The van der Waals surface area contributed by atoms with E-state index in [1.165, 1.54) is 11.3 Å². The molecule has 3 aromatic rings. The Balaban J connectivity index is 0.00000133. The maximum atomic E-state index is 5.55. The van der Waals surface area contributed by atoms with E-state index >= 15 is 0 Å². The van der Waals surface area contributed by atoms with Crippen molar-refractivity contribution in [2.75, 3.05) is 7.11 Å². The molecule has 0 aliphatic heterocycles. The molecule has 1 aromatic carbocycles. The van der Waals surface area contributed by atoms with E-state index in [-0.39, 0.29) is 12.4 Å². The molecule has 7 heteroatoms. The molecule has 0 spiro atoms. The Morgan fingerprint density at radius 2 is 2.16 bits per heavy atom. The molecule has 2 heterocycles. The molecule has 0 unspecified atom stereocenters. The van der Waals surface area contributed by atoms with E-state index in [2.05, 4.69) is 10.1 Å². The van der Waals surface area contributed by atoms with Crippen LogP contribution in [0.25, 0.3) is 16.2 Å². The minimum absolute atomic E-state index is 0. The molecule has 5 nitrogen and oxygen atoms in total. The zero-order valence-electron chi connectivity index (χ0n) is 10.2. The molecular weight excluding hydrogens is 284 g/mol. The van der Waals surface area contributed by atoms with E-state index in [1.807, 2.05) is 30.5 Å². The standard InChI is InChI=1S/C12H12N4OS.ClH/c1-17-10-5-3-2-4-8(10)9-7-16-12(14-9)18-11(6-13)15-16;/h2-5,7H,6,13H2,1H3;1H. The Morgan fingerprint density at radius 3 is 2.84 bits per heavy atom. The Hall–Kier alpha value is -1.63. The van der Waals surface area contributed by atoms with Crippen LogP contribution >= 0.6 is 23.7 Å². The van der Waals surface area contributed by atoms with E-state index in [1.54, 1.807) is 11.6 Å². The van der Waals surface area contributed by atoms with Gasteiger partial charge in [0.05, 0.1) is 19.0 Å². The lowest BCUT2D eigenvalue weighted by molar-refractivity contribution is 0.416. The van der Waals surface area contributed by atoms with Crippen LogP contribution < -0.4 is 10.5 Å². The summed E-state index contributed by atoms with van der Waals surface area (Å²) in [4.78, 5) is 5.39. The average molecular weight is 297 g/mol. The van der Waals surface area contributed by atoms with Crippen LogP contribution in [0.5, 0.6) is 5.75 Å². The fourth-order valence-electron chi connectivity index (χ4n) is 1.81. The number of nitrogens with two attached hydrogens (primary N) is 1. The molecule has 19 heavy (non-hydrogen) atoms. The van der Waals surface area contributed by atoms with Gasteiger partial charge in [0.25, 0.3) is 0 Å². The fourth-order valence-corrected chi connectivity index (χ4v) is 2.56. The average Bonchev–Trinajstić information content (AvgIpc) is 2.96. The summed E-state index contributed by atoms with van der Waals surface area (Å²) in [6.07, 6.45) is 1.89. The van der Waals surface area contributed by atoms with Crippen LogP contribution in [0.15, 0.2) is 30.5 Å². The first-order chi connectivity index (χ1) is 8.81. The zero-order valence-corrected chi connectivity index (χ0v) is 11.9. The highest BCUT2D eigenvalue weighted by Crippen LogP contribution is 2.29. The minimum Gasteiger partial charge on any atom is -0.496 e. The molecule has 0 aliphatic carbocycles. The summed E-state index contributed by atoms with van der Waals surface area (Å²) < 4.78 is 7.09. The lowest BCUT2D eigenvalue weighted by atomic mass is 10.1. The van der Waals surface area contributed by atoms with Gasteiger partial charge in [-0.25, -0.2) is 9.50 Å². The first kappa shape index (κ1) is 13.8. The van der Waals surface area contributed by atoms with Gasteiger partial charge in [0.2, 0.25) is 4.96 Å². The molecule has 2 N–H and O–H groups in total. The smallest absolute Gasteiger partial charge is 0.212 e. The van der Waals surface area contributed by atoms with Gasteiger partial charge in [-0.2, -0.15) is 5.10 Å². The van der Waals surface area contributed by atoms with Gasteiger partial charge < -0.3 is 10.5 Å². The van der Waals surface area contributed by atoms with E-state index in [0.717, 1.165) is 27.0 Å². The second-order valence-corrected chi connectivity index (χ2v) is 4.79. The largest absolute Gasteiger partial charge is 0.496 e. The monoisotopic (exact) mass is 296 g/mol. The number of rotatable bonds is 3. The molecule has 0 bridgehead atoms. The molecule has 3 rings (SSSR count). The Labute approximate surface area is 120 Å². The van der Waals surface area contributed by atoms with Gasteiger partial charge in [-0.05, 0) is 12.1 Å². The van der Waals surface area contributed by atoms with Crippen molar-refractivity contribution in [3.8, 4) is 17.0 Å². The van der Waals surface area contributed by atoms with Crippen LogP contribution in [0.1, 0.15) is 5.01 Å². The highest BCUT2D eigenvalue weighted by molar-refractivity contribution is 7.16. The third-order valence-electron chi connectivity index (χ3n) is 2.64. The lowest BCUT2D eigenvalue weighted by Crippen LogP contribution is -1.95. The number of nitrogens with zero attached hydrogens (tertiary/aromatic N) is 3. The molecule has 100 valence electrons. The number of hydrogen-bond acceptors (Lipinski definition) is 5. The molecule has 0 radical (unpaired) electrons. The number of halogens is 1. The maximum absolute atomic E-state index is 5.55. The van der Waals surface area contributed by atoms with Crippen LogP contribution in [-0.2, 0) is 6.54 Å². The van der Waals surface area contributed by atoms with Crippen molar-refractivity contribution < 1.29 is 4.74 Å². The molecule has 0 amide bonds. The van der Waals surface area contributed by atoms with Crippen LogP contribution in [0, 0.1) is 0 Å². The number of fused-ring (bicyclic) bond motifs is 1. The molecule has 0 saturated carbocycles. The second kappa shape index (κ2) is 5.56. The predicted octanol–water partition coefficient (Wildman–Crippen LogP) is 2.35. The number of aromatic nitrogens is 3. The topological polar surface area (TPSA) is 65.4 Å². The van der Waals surface area contributed by atoms with Gasteiger partial charge in [-0.3, -0.25) is 0 Å². The number of ether oxygens (including phenoxy) is 1. The molecule has 2 aromatic heterocycles. The summed E-state index contributed by atoms with van der Waals surface area (Å²) in [6.45, 7) is 0.442. The van der Waals surface area contributed by atoms with Crippen molar-refractivity contribution in [2.24, 2.45) is 5.73 Å². The summed E-state index contributed by atoms with van der Waals surface area (Å²) in [5.41, 5.74) is 7.38. The molecular formula is C12H13ClN4OS. The SMILES string of the molecule is COc1ccccc1-c1cn2nc(CN)sc2n1.Cl. The van der Waals surface area contributed by atoms with Crippen molar-refractivity contribution in [2.45, 2.75) is 6.54 Å². The molecule has 0 fully saturated rings. The number of benzene rings is 1. The minimum atomic E-state index is 0. The summed E-state index contributed by atoms with van der Waals surface area (Å²) in [6, 6.07) is 7.80. The van der Waals surface area contributed by atoms with E-state index in [0.29, 0.717) is 6.54 Å². The van der Waals surface area contributed by atoms with Crippen molar-refractivity contribution in [3.05, 3.63) is 35.5 Å². The van der Waals surface area contributed by atoms with Crippen molar-refractivity contribution in [3.63, 3.8) is 0 Å². The van der Waals surface area contributed by atoms with Crippen molar-refractivity contribution in [1.82, 2.24) is 14.6 Å². The first-order valence-corrected chi connectivity index (χ1v) is 6.32. The summed E-state index contributed by atoms with van der Waals surface area (Å²) in [5.74, 6) is 0.808. The first-order valence-electron chi connectivity index (χ1n) is 5.50. The van der Waals surface area contributed by atoms with Gasteiger partial charge in [-0.1, -0.05) is 23.5 Å². The highest BCUT2D eigenvalue weighted by atomic mass is 35.5. The maximum Gasteiger partial charge on any atom is 0.212 e. The van der Waals surface area contributed by atoms with E-state index < -0.39 is 0 Å². The predicted molar refractivity (Wildman–Crippen MR) is 78.0 cm³/mol. The molecule has 0 atom stereocenters. The Morgan fingerprint density at radius 1 is 1.37 bits per heavy atom. The number of methoxy groups -OCH3 is 1. The van der Waals surface area contributed by atoms with Gasteiger partial charge in [0.1, 0.15) is 10.8 Å². The summed E-state index contributed by atoms with van der Waals surface area (Å²) >= 11 is 1.50. The normalized spacial score (nSPS) is 10.4. The third kappa shape index (κ3) is 2.42. The van der Waals surface area contributed by atoms with Crippen LogP contribution in [-0.4, -0.2) is 21.7 Å². The van der Waals surface area contributed by atoms with Gasteiger partial charge in [0, 0.05) is 12.1 Å². The van der Waals surface area contributed by atoms with Gasteiger partial charge in [-0.15, -0.1) is 12.4 Å². The van der Waals surface area contributed by atoms with Crippen LogP contribution in [0.3, 0.4) is 0 Å². The van der Waals surface area contributed by atoms with Crippen LogP contribution in [0.2, 0.25) is 0 Å². The quantitative estimate of drug-likeness (QED) is 0.806. The third-order valence-corrected chi connectivity index (χ3v) is 3.59. The molecule has 0 saturated heterocycles. The van der Waals surface area contributed by atoms with Crippen molar-refractivity contribution >= 4 is 28.7 Å². The Bertz CT molecular complexity index is 662. The van der Waals surface area contributed by atoms with Crippen molar-refractivity contribution in [1.29, 1.82) is 0 Å². The molecule has 0 aliphatic rings. The zero-order chi connectivity index (χ0) is 12.5. The number of para-hydroxylation sites is 1. The number of hydrogen-bond donors (Lipinski definition) is 1. The fraction of sp³-hybridized carbons (Fsp3) is 0.167. The van der Waals surface area contributed by atoms with Gasteiger partial charge in [0.15, 0.2) is 0 Å². The van der Waals surface area contributed by atoms with Crippen LogP contribution in [0.4, 0.5) is 0 Å². The summed E-state index contributed by atoms with van der Waals surface area (Å²) in [7, 11) is 1.65. The summed E-state index contributed by atoms with van der Waals surface area (Å²) in [5, 5.41) is 5.22. The van der Waals surface area contributed by atoms with E-state index in [4.69, 9.17) is 10.5 Å². The van der Waals surface area contributed by atoms with E-state index in [9.17, 15) is 0 Å². The Kier molecular flexibility index (Phi) is 4.04. The number of imidazole rings is 1. The second-order valence-electron chi connectivity index (χ2n) is 3.75. The highest BCUT2D eigenvalue weighted by Gasteiger charge is 2.11.